The van der Waals surface area contributed by atoms with Gasteiger partial charge in [0.2, 0.25) is 0 Å². The van der Waals surface area contributed by atoms with Gasteiger partial charge in [-0.2, -0.15) is 0 Å². The summed E-state index contributed by atoms with van der Waals surface area (Å²) in [6.45, 7) is 15.7. The van der Waals surface area contributed by atoms with E-state index in [2.05, 4.69) is 52.0 Å². The Kier molecular flexibility index (Phi) is 13.0. The molecule has 6 nitrogen and oxygen atoms in total. The molecule has 240 valence electrons. The fourth-order valence-corrected chi connectivity index (χ4v) is 7.55. The molecule has 8 heteroatoms. The van der Waals surface area contributed by atoms with Crippen molar-refractivity contribution < 1.29 is 57.5 Å². The number of rotatable bonds is 12. The molecule has 0 unspecified atom stereocenters. The van der Waals surface area contributed by atoms with E-state index in [1.807, 2.05) is 52.0 Å². The molecule has 4 aromatic carbocycles. The molecule has 0 N–H and O–H groups in total. The summed E-state index contributed by atoms with van der Waals surface area (Å²) in [6.07, 6.45) is 3.37. The van der Waals surface area contributed by atoms with Crippen molar-refractivity contribution in [2.45, 2.75) is 81.1 Å². The van der Waals surface area contributed by atoms with Gasteiger partial charge in [0.05, 0.1) is 14.2 Å². The molecule has 0 aliphatic heterocycles. The molecule has 0 bridgehead atoms. The van der Waals surface area contributed by atoms with Crippen molar-refractivity contribution in [2.75, 3.05) is 14.2 Å². The van der Waals surface area contributed by atoms with Crippen molar-refractivity contribution in [3.05, 3.63) is 115 Å². The van der Waals surface area contributed by atoms with Crippen molar-refractivity contribution in [1.82, 2.24) is 0 Å². The molecule has 0 atom stereocenters. The Hall–Kier alpha value is -2.73. The van der Waals surface area contributed by atoms with Crippen LogP contribution in [0.4, 0.5) is 0 Å². The Morgan fingerprint density at radius 1 is 0.457 bits per heavy atom. The molecular weight excluding hydrogens is 606 g/mol. The summed E-state index contributed by atoms with van der Waals surface area (Å²) in [7, 11) is -1.32. The average molecular weight is 653 g/mol. The Bertz CT molecular complexity index is 1550. The van der Waals surface area contributed by atoms with E-state index in [-0.39, 0.29) is 29.6 Å². The minimum absolute atomic E-state index is 0. The minimum Gasteiger partial charge on any atom is -0.736 e. The second-order valence-corrected chi connectivity index (χ2v) is 13.5. The SMILES string of the molecule is COc1c(C)cc(CCc2cc(C)c(OP(=O)([O-])Oc3c(C)cc(CCc4cc(C)c(OC)c(C)c4)cc3C)c(C)c2)cc1C.[Na+]. The van der Waals surface area contributed by atoms with E-state index < -0.39 is 7.82 Å². The van der Waals surface area contributed by atoms with Gasteiger partial charge in [-0.05, 0) is 148 Å². The van der Waals surface area contributed by atoms with Gasteiger partial charge in [-0.15, -0.1) is 0 Å². The quantitative estimate of drug-likeness (QED) is 0.145. The molecular formula is C38H46NaO6P. The van der Waals surface area contributed by atoms with E-state index in [9.17, 15) is 9.46 Å². The van der Waals surface area contributed by atoms with Crippen LogP contribution in [0.25, 0.3) is 0 Å². The van der Waals surface area contributed by atoms with E-state index in [0.717, 1.165) is 92.8 Å². The molecule has 0 fully saturated rings. The topological polar surface area (TPSA) is 77.1 Å². The summed E-state index contributed by atoms with van der Waals surface area (Å²) < 4.78 is 35.3. The number of benzene rings is 4. The number of phosphoric acid groups is 1. The zero-order valence-electron chi connectivity index (χ0n) is 29.3. The number of phosphoric ester groups is 1. The number of hydrogen-bond donors (Lipinski definition) is 0. The molecule has 0 aromatic heterocycles. The van der Waals surface area contributed by atoms with Crippen LogP contribution >= 0.6 is 7.82 Å². The fraction of sp³-hybridized carbons (Fsp3) is 0.368. The van der Waals surface area contributed by atoms with Crippen LogP contribution in [-0.2, 0) is 30.2 Å². The van der Waals surface area contributed by atoms with Gasteiger partial charge in [0.1, 0.15) is 23.0 Å². The van der Waals surface area contributed by atoms with E-state index in [0.29, 0.717) is 11.5 Å². The number of ether oxygens (including phenoxy) is 2. The van der Waals surface area contributed by atoms with Crippen LogP contribution in [0.5, 0.6) is 23.0 Å². The minimum atomic E-state index is -4.71. The van der Waals surface area contributed by atoms with Gasteiger partial charge >= 0.3 is 37.4 Å². The van der Waals surface area contributed by atoms with Crippen LogP contribution in [0.1, 0.15) is 66.8 Å². The molecule has 0 aliphatic carbocycles. The van der Waals surface area contributed by atoms with Gasteiger partial charge in [-0.1, -0.05) is 48.5 Å². The molecule has 0 spiro atoms. The molecule has 4 rings (SSSR count). The first-order valence-electron chi connectivity index (χ1n) is 15.4. The zero-order valence-corrected chi connectivity index (χ0v) is 32.2. The third kappa shape index (κ3) is 9.20. The predicted molar refractivity (Wildman–Crippen MR) is 180 cm³/mol. The van der Waals surface area contributed by atoms with Crippen LogP contribution in [0.2, 0.25) is 0 Å². The second-order valence-electron chi connectivity index (χ2n) is 12.3. The first-order valence-corrected chi connectivity index (χ1v) is 16.9. The van der Waals surface area contributed by atoms with Crippen molar-refractivity contribution in [3.63, 3.8) is 0 Å². The van der Waals surface area contributed by atoms with Crippen LogP contribution in [-0.4, -0.2) is 14.2 Å². The van der Waals surface area contributed by atoms with Gasteiger partial charge in [-0.3, -0.25) is 0 Å². The van der Waals surface area contributed by atoms with Crippen LogP contribution in [0, 0.1) is 55.4 Å². The largest absolute Gasteiger partial charge is 1.00 e. The third-order valence-electron chi connectivity index (χ3n) is 8.30. The van der Waals surface area contributed by atoms with Gasteiger partial charge in [0.15, 0.2) is 0 Å². The average Bonchev–Trinajstić information content (AvgIpc) is 2.94. The Morgan fingerprint density at radius 3 is 0.848 bits per heavy atom. The molecule has 0 radical (unpaired) electrons. The fourth-order valence-electron chi connectivity index (χ4n) is 6.49. The summed E-state index contributed by atoms with van der Waals surface area (Å²) in [5.41, 5.74) is 12.2. The summed E-state index contributed by atoms with van der Waals surface area (Å²) >= 11 is 0. The smallest absolute Gasteiger partial charge is 0.736 e. The maximum Gasteiger partial charge on any atom is 1.00 e. The molecule has 0 saturated carbocycles. The van der Waals surface area contributed by atoms with Crippen molar-refractivity contribution in [3.8, 4) is 23.0 Å². The standard InChI is InChI=1S/C38H47O6P.Na/c1-23-15-31(16-24(2)35(23)41-9)11-13-33-19-27(5)37(28(6)20-33)43-45(39,40)44-38-29(7)21-34(22-30(38)8)14-12-32-17-25(3)36(42-10)26(4)18-32;/h15-22H,11-14H2,1-10H3,(H,39,40);/q;+1/p-1. The van der Waals surface area contributed by atoms with Crippen LogP contribution in [0.15, 0.2) is 48.5 Å². The zero-order chi connectivity index (χ0) is 33.1. The summed E-state index contributed by atoms with van der Waals surface area (Å²) in [6, 6.07) is 16.6. The van der Waals surface area contributed by atoms with E-state index in [4.69, 9.17) is 18.5 Å². The monoisotopic (exact) mass is 652 g/mol. The second kappa shape index (κ2) is 15.9. The normalized spacial score (nSPS) is 11.2. The maximum atomic E-state index is 13.2. The first kappa shape index (κ1) is 37.7. The van der Waals surface area contributed by atoms with E-state index in [1.165, 1.54) is 11.1 Å². The number of aryl methyl sites for hydroxylation is 12. The third-order valence-corrected chi connectivity index (χ3v) is 9.11. The first-order chi connectivity index (χ1) is 21.2. The Balaban J connectivity index is 0.00000576. The molecule has 4 aromatic rings. The van der Waals surface area contributed by atoms with Crippen LogP contribution in [0.3, 0.4) is 0 Å². The molecule has 0 heterocycles. The van der Waals surface area contributed by atoms with Crippen LogP contribution < -0.4 is 53.0 Å². The number of methoxy groups -OCH3 is 2. The van der Waals surface area contributed by atoms with Crippen molar-refractivity contribution >= 4 is 7.82 Å². The Morgan fingerprint density at radius 2 is 0.652 bits per heavy atom. The van der Waals surface area contributed by atoms with Crippen molar-refractivity contribution in [2.24, 2.45) is 0 Å². The number of hydrogen-bond acceptors (Lipinski definition) is 6. The summed E-state index contributed by atoms with van der Waals surface area (Å²) in [5, 5.41) is 0. The van der Waals surface area contributed by atoms with Crippen molar-refractivity contribution in [1.29, 1.82) is 0 Å². The molecule has 0 saturated heterocycles. The van der Waals surface area contributed by atoms with Gasteiger partial charge in [0.25, 0.3) is 0 Å². The maximum absolute atomic E-state index is 13.2. The van der Waals surface area contributed by atoms with E-state index >= 15 is 0 Å². The molecule has 0 amide bonds. The van der Waals surface area contributed by atoms with Gasteiger partial charge < -0.3 is 23.4 Å². The molecule has 46 heavy (non-hydrogen) atoms. The summed E-state index contributed by atoms with van der Waals surface area (Å²) in [5.74, 6) is 2.47. The molecule has 0 aliphatic rings. The Labute approximate surface area is 297 Å². The van der Waals surface area contributed by atoms with Gasteiger partial charge in [0, 0.05) is 0 Å². The summed E-state index contributed by atoms with van der Waals surface area (Å²) in [4.78, 5) is 13.2. The van der Waals surface area contributed by atoms with E-state index in [1.54, 1.807) is 14.2 Å². The predicted octanol–water partition coefficient (Wildman–Crippen LogP) is 5.67. The van der Waals surface area contributed by atoms with Gasteiger partial charge in [-0.25, -0.2) is 4.57 Å².